The Morgan fingerprint density at radius 1 is 1.10 bits per heavy atom. The minimum absolute atomic E-state index is 0.723. The minimum Gasteiger partial charge on any atom is -0.192 e. The molecule has 3 heterocycles. The Bertz CT molecular complexity index is 787. The molecular weight excluding hydrogens is 370 g/mol. The van der Waals surface area contributed by atoms with E-state index in [0.29, 0.717) is 0 Å². The highest BCUT2D eigenvalue weighted by molar-refractivity contribution is 9.11. The summed E-state index contributed by atoms with van der Waals surface area (Å²) < 4.78 is 1.13. The van der Waals surface area contributed by atoms with Gasteiger partial charge in [-0.1, -0.05) is 6.07 Å². The zero-order valence-corrected chi connectivity index (χ0v) is 14.2. The van der Waals surface area contributed by atoms with Gasteiger partial charge in [0, 0.05) is 19.5 Å². The van der Waals surface area contributed by atoms with Crippen LogP contribution in [0.5, 0.6) is 0 Å². The van der Waals surface area contributed by atoms with Crippen molar-refractivity contribution in [2.45, 2.75) is 0 Å². The van der Waals surface area contributed by atoms with Crippen molar-refractivity contribution in [2.24, 2.45) is 0 Å². The first-order chi connectivity index (χ1) is 9.76. The Balaban J connectivity index is 1.93. The molecule has 0 aliphatic rings. The van der Waals surface area contributed by atoms with E-state index in [4.69, 9.17) is 0 Å². The molecule has 0 aliphatic carbocycles. The molecule has 1 nitrogen and oxygen atoms in total. The van der Waals surface area contributed by atoms with Crippen LogP contribution in [0.15, 0.2) is 45.6 Å². The number of thiophene rings is 3. The van der Waals surface area contributed by atoms with E-state index in [1.165, 1.54) is 9.75 Å². The lowest BCUT2D eigenvalue weighted by molar-refractivity contribution is 1.54. The predicted molar refractivity (Wildman–Crippen MR) is 93.1 cm³/mol. The Labute approximate surface area is 137 Å². The molecule has 5 heteroatoms. The highest BCUT2D eigenvalue weighted by atomic mass is 79.9. The summed E-state index contributed by atoms with van der Waals surface area (Å²) in [4.78, 5) is 4.60. The molecule has 0 atom stereocenters. The van der Waals surface area contributed by atoms with E-state index < -0.39 is 0 Å². The molecule has 0 amide bonds. The van der Waals surface area contributed by atoms with Crippen LogP contribution in [0.2, 0.25) is 0 Å². The van der Waals surface area contributed by atoms with Crippen LogP contribution in [0, 0.1) is 11.3 Å². The lowest BCUT2D eigenvalue weighted by Gasteiger charge is -1.92. The van der Waals surface area contributed by atoms with Gasteiger partial charge in [0.1, 0.15) is 6.07 Å². The number of halogens is 1. The highest BCUT2D eigenvalue weighted by Crippen LogP contribution is 2.36. The Morgan fingerprint density at radius 2 is 1.90 bits per heavy atom. The summed E-state index contributed by atoms with van der Waals surface area (Å²) in [5.74, 6) is 0. The van der Waals surface area contributed by atoms with Gasteiger partial charge in [-0.15, -0.1) is 34.0 Å². The predicted octanol–water partition coefficient (Wildman–Crippen LogP) is 6.36. The van der Waals surface area contributed by atoms with Gasteiger partial charge in [0.05, 0.1) is 9.36 Å². The Kier molecular flexibility index (Phi) is 4.18. The first-order valence-electron chi connectivity index (χ1n) is 5.77. The molecule has 0 fully saturated rings. The smallest absolute Gasteiger partial charge is 0.101 e. The van der Waals surface area contributed by atoms with Crippen LogP contribution in [0.4, 0.5) is 0 Å². The van der Waals surface area contributed by atoms with Crippen LogP contribution >= 0.6 is 49.9 Å². The molecule has 20 heavy (non-hydrogen) atoms. The molecule has 3 rings (SSSR count). The zero-order valence-electron chi connectivity index (χ0n) is 10.2. The third-order valence-corrected chi connectivity index (χ3v) is 6.39. The molecule has 0 aromatic carbocycles. The standard InChI is InChI=1S/C15H8BrNS3/c16-15-6-5-14(20-15)13-4-3-11(19-13)8-10(9-17)12-2-1-7-18-12/h1-8H/b10-8+. The molecule has 0 radical (unpaired) electrons. The topological polar surface area (TPSA) is 23.8 Å². The van der Waals surface area contributed by atoms with Gasteiger partial charge in [-0.2, -0.15) is 5.26 Å². The fourth-order valence-corrected chi connectivity index (χ4v) is 4.86. The minimum atomic E-state index is 0.723. The summed E-state index contributed by atoms with van der Waals surface area (Å²) in [6, 6.07) is 14.6. The number of hydrogen-bond acceptors (Lipinski definition) is 4. The van der Waals surface area contributed by atoms with Crippen LogP contribution in [0.25, 0.3) is 21.4 Å². The number of hydrogen-bond donors (Lipinski definition) is 0. The highest BCUT2D eigenvalue weighted by Gasteiger charge is 2.06. The van der Waals surface area contributed by atoms with E-state index in [-0.39, 0.29) is 0 Å². The van der Waals surface area contributed by atoms with Gasteiger partial charge in [-0.05, 0) is 57.7 Å². The van der Waals surface area contributed by atoms with Crippen molar-refractivity contribution in [3.8, 4) is 15.8 Å². The maximum atomic E-state index is 9.28. The van der Waals surface area contributed by atoms with Gasteiger partial charge < -0.3 is 0 Å². The fourth-order valence-electron chi connectivity index (χ4n) is 1.74. The Hall–Kier alpha value is -1.19. The summed E-state index contributed by atoms with van der Waals surface area (Å²) in [6.45, 7) is 0. The quantitative estimate of drug-likeness (QED) is 0.486. The van der Waals surface area contributed by atoms with Gasteiger partial charge in [0.25, 0.3) is 0 Å². The zero-order chi connectivity index (χ0) is 13.9. The number of allylic oxidation sites excluding steroid dienone is 1. The maximum absolute atomic E-state index is 9.28. The average Bonchev–Trinajstić information content (AvgIpc) is 3.16. The molecule has 0 saturated carbocycles. The molecule has 3 aromatic heterocycles. The normalized spacial score (nSPS) is 11.5. The molecule has 0 aliphatic heterocycles. The van der Waals surface area contributed by atoms with E-state index in [2.05, 4.69) is 46.3 Å². The van der Waals surface area contributed by atoms with Gasteiger partial charge in [0.15, 0.2) is 0 Å². The van der Waals surface area contributed by atoms with Crippen molar-refractivity contribution in [1.82, 2.24) is 0 Å². The molecular formula is C15H8BrNS3. The Morgan fingerprint density at radius 3 is 2.55 bits per heavy atom. The van der Waals surface area contributed by atoms with Gasteiger partial charge in [-0.3, -0.25) is 0 Å². The van der Waals surface area contributed by atoms with Crippen LogP contribution in [-0.2, 0) is 0 Å². The molecule has 3 aromatic rings. The third-order valence-electron chi connectivity index (χ3n) is 2.64. The van der Waals surface area contributed by atoms with E-state index in [0.717, 1.165) is 19.1 Å². The van der Waals surface area contributed by atoms with Crippen LogP contribution in [0.1, 0.15) is 9.75 Å². The third kappa shape index (κ3) is 2.94. The van der Waals surface area contributed by atoms with Gasteiger partial charge in [-0.25, -0.2) is 0 Å². The van der Waals surface area contributed by atoms with Crippen LogP contribution < -0.4 is 0 Å². The monoisotopic (exact) mass is 377 g/mol. The maximum Gasteiger partial charge on any atom is 0.101 e. The molecule has 98 valence electrons. The summed E-state index contributed by atoms with van der Waals surface area (Å²) >= 11 is 8.50. The van der Waals surface area contributed by atoms with E-state index in [9.17, 15) is 5.26 Å². The molecule has 0 N–H and O–H groups in total. The number of nitriles is 1. The van der Waals surface area contributed by atoms with Crippen molar-refractivity contribution in [2.75, 3.05) is 0 Å². The number of nitrogens with zero attached hydrogens (tertiary/aromatic N) is 1. The summed E-state index contributed by atoms with van der Waals surface area (Å²) in [5, 5.41) is 11.3. The van der Waals surface area contributed by atoms with Crippen LogP contribution in [-0.4, -0.2) is 0 Å². The molecule has 0 unspecified atom stereocenters. The van der Waals surface area contributed by atoms with Crippen molar-refractivity contribution in [1.29, 1.82) is 5.26 Å². The van der Waals surface area contributed by atoms with Crippen molar-refractivity contribution in [3.63, 3.8) is 0 Å². The lowest BCUT2D eigenvalue weighted by Crippen LogP contribution is -1.72. The van der Waals surface area contributed by atoms with Crippen molar-refractivity contribution >= 4 is 61.6 Å². The second-order valence-corrected chi connectivity index (χ2v) is 8.48. The van der Waals surface area contributed by atoms with E-state index >= 15 is 0 Å². The summed E-state index contributed by atoms with van der Waals surface area (Å²) in [5.41, 5.74) is 0.723. The molecule has 0 spiro atoms. The molecule has 0 saturated heterocycles. The van der Waals surface area contributed by atoms with Crippen LogP contribution in [0.3, 0.4) is 0 Å². The fraction of sp³-hybridized carbons (Fsp3) is 0. The first-order valence-corrected chi connectivity index (χ1v) is 9.08. The average molecular weight is 378 g/mol. The van der Waals surface area contributed by atoms with E-state index in [1.807, 2.05) is 23.6 Å². The lowest BCUT2D eigenvalue weighted by atomic mass is 10.2. The summed E-state index contributed by atoms with van der Waals surface area (Å²) in [6.07, 6.45) is 1.96. The largest absolute Gasteiger partial charge is 0.192 e. The van der Waals surface area contributed by atoms with Crippen molar-refractivity contribution in [3.05, 3.63) is 55.3 Å². The number of rotatable bonds is 3. The summed E-state index contributed by atoms with van der Waals surface area (Å²) in [7, 11) is 0. The van der Waals surface area contributed by atoms with Gasteiger partial charge in [0.2, 0.25) is 0 Å². The first kappa shape index (κ1) is 13.8. The second-order valence-electron chi connectivity index (χ2n) is 3.95. The second kappa shape index (κ2) is 6.06. The van der Waals surface area contributed by atoms with Crippen molar-refractivity contribution < 1.29 is 0 Å². The molecule has 0 bridgehead atoms. The van der Waals surface area contributed by atoms with Gasteiger partial charge >= 0.3 is 0 Å². The SMILES string of the molecule is N#C/C(=C\c1ccc(-c2ccc(Br)s2)s1)c1cccs1. The van der Waals surface area contributed by atoms with E-state index in [1.54, 1.807) is 34.0 Å².